The molecule has 5 heteroatoms. The molecule has 0 bridgehead atoms. The lowest BCUT2D eigenvalue weighted by Crippen LogP contribution is -2.23. The van der Waals surface area contributed by atoms with Crippen molar-refractivity contribution in [3.05, 3.63) is 34.3 Å². The van der Waals surface area contributed by atoms with E-state index in [1.54, 1.807) is 6.92 Å². The van der Waals surface area contributed by atoms with E-state index >= 15 is 0 Å². The van der Waals surface area contributed by atoms with Gasteiger partial charge in [0.15, 0.2) is 0 Å². The van der Waals surface area contributed by atoms with Crippen LogP contribution in [0.25, 0.3) is 0 Å². The number of rotatable bonds is 4. The highest BCUT2D eigenvalue weighted by atomic mass is 79.9. The van der Waals surface area contributed by atoms with Gasteiger partial charge in [-0.2, -0.15) is 8.42 Å². The van der Waals surface area contributed by atoms with Gasteiger partial charge in [-0.05, 0) is 37.5 Å². The van der Waals surface area contributed by atoms with Crippen LogP contribution in [0.3, 0.4) is 0 Å². The summed E-state index contributed by atoms with van der Waals surface area (Å²) in [6.45, 7) is 1.88. The molecule has 3 nitrogen and oxygen atoms in total. The van der Waals surface area contributed by atoms with Crippen molar-refractivity contribution in [3.63, 3.8) is 0 Å². The summed E-state index contributed by atoms with van der Waals surface area (Å²) in [6.07, 6.45) is 1.30. The maximum Gasteiger partial charge on any atom is 0.277 e. The second-order valence-corrected chi connectivity index (χ2v) is 6.70. The van der Waals surface area contributed by atoms with Gasteiger partial charge in [0.25, 0.3) is 10.1 Å². The Balaban J connectivity index is 2.37. The topological polar surface area (TPSA) is 43.4 Å². The average molecular weight is 305 g/mol. The Bertz CT molecular complexity index is 474. The highest BCUT2D eigenvalue weighted by molar-refractivity contribution is 9.10. The van der Waals surface area contributed by atoms with Crippen molar-refractivity contribution >= 4 is 26.0 Å². The van der Waals surface area contributed by atoms with Crippen molar-refractivity contribution in [1.82, 2.24) is 0 Å². The van der Waals surface area contributed by atoms with Crippen molar-refractivity contribution < 1.29 is 12.6 Å². The van der Waals surface area contributed by atoms with E-state index in [2.05, 4.69) is 15.9 Å². The van der Waals surface area contributed by atoms with Crippen molar-refractivity contribution in [3.8, 4) is 0 Å². The van der Waals surface area contributed by atoms with Crippen molar-refractivity contribution in [1.29, 1.82) is 0 Å². The van der Waals surface area contributed by atoms with Crippen LogP contribution in [-0.4, -0.2) is 15.0 Å². The molecule has 0 amide bonds. The Morgan fingerprint density at radius 1 is 1.31 bits per heavy atom. The molecule has 16 heavy (non-hydrogen) atoms. The summed E-state index contributed by atoms with van der Waals surface area (Å²) in [6, 6.07) is 7.40. The van der Waals surface area contributed by atoms with E-state index in [-0.39, 0.29) is 6.61 Å². The van der Waals surface area contributed by atoms with Crippen LogP contribution in [0.2, 0.25) is 0 Å². The van der Waals surface area contributed by atoms with E-state index < -0.39 is 14.9 Å². The molecule has 88 valence electrons. The first kappa shape index (κ1) is 12.1. The molecule has 1 fully saturated rings. The lowest BCUT2D eigenvalue weighted by atomic mass is 10.1. The van der Waals surface area contributed by atoms with Gasteiger partial charge in [0.2, 0.25) is 0 Å². The molecule has 0 spiro atoms. The standard InChI is InChI=1S/C11H13BrO3S/c1-2-15-16(13,14)11(7-8-11)9-3-5-10(12)6-4-9/h3-6H,2,7-8H2,1H3. The fraction of sp³-hybridized carbons (Fsp3) is 0.455. The van der Waals surface area contributed by atoms with Gasteiger partial charge >= 0.3 is 0 Å². The van der Waals surface area contributed by atoms with Crippen LogP contribution in [0.4, 0.5) is 0 Å². The minimum Gasteiger partial charge on any atom is -0.270 e. The smallest absolute Gasteiger partial charge is 0.270 e. The van der Waals surface area contributed by atoms with Gasteiger partial charge in [-0.1, -0.05) is 28.1 Å². The SMILES string of the molecule is CCOS(=O)(=O)C1(c2ccc(Br)cc2)CC1. The summed E-state index contributed by atoms with van der Waals surface area (Å²) in [5.41, 5.74) is 0.823. The number of hydrogen-bond acceptors (Lipinski definition) is 3. The third-order valence-electron chi connectivity index (χ3n) is 2.83. The fourth-order valence-electron chi connectivity index (χ4n) is 1.82. The summed E-state index contributed by atoms with van der Waals surface area (Å²) in [7, 11) is -3.48. The van der Waals surface area contributed by atoms with Crippen LogP contribution in [0.15, 0.2) is 28.7 Å². The van der Waals surface area contributed by atoms with E-state index in [1.165, 1.54) is 0 Å². The molecule has 0 heterocycles. The molecule has 0 aromatic heterocycles. The third kappa shape index (κ3) is 1.92. The zero-order chi connectivity index (χ0) is 11.8. The van der Waals surface area contributed by atoms with Crippen molar-refractivity contribution in [2.75, 3.05) is 6.61 Å². The average Bonchev–Trinajstić information content (AvgIpc) is 3.00. The van der Waals surface area contributed by atoms with Gasteiger partial charge in [0, 0.05) is 4.47 Å². The second kappa shape index (κ2) is 4.13. The van der Waals surface area contributed by atoms with Gasteiger partial charge < -0.3 is 0 Å². The molecule has 1 aromatic rings. The highest BCUT2D eigenvalue weighted by Gasteiger charge is 2.56. The van der Waals surface area contributed by atoms with Gasteiger partial charge in [-0.15, -0.1) is 0 Å². The molecule has 0 unspecified atom stereocenters. The molecule has 0 saturated heterocycles. The molecule has 0 atom stereocenters. The van der Waals surface area contributed by atoms with Gasteiger partial charge in [-0.3, -0.25) is 4.18 Å². The monoisotopic (exact) mass is 304 g/mol. The number of benzene rings is 1. The molecule has 2 rings (SSSR count). The van der Waals surface area contributed by atoms with Crippen LogP contribution >= 0.6 is 15.9 Å². The van der Waals surface area contributed by atoms with Crippen LogP contribution < -0.4 is 0 Å². The quantitative estimate of drug-likeness (QED) is 0.803. The van der Waals surface area contributed by atoms with Crippen molar-refractivity contribution in [2.45, 2.75) is 24.5 Å². The van der Waals surface area contributed by atoms with E-state index in [9.17, 15) is 8.42 Å². The predicted octanol–water partition coefficient (Wildman–Crippen LogP) is 2.80. The van der Waals surface area contributed by atoms with Crippen LogP contribution in [0, 0.1) is 0 Å². The summed E-state index contributed by atoms with van der Waals surface area (Å²) >= 11 is 3.33. The zero-order valence-electron chi connectivity index (χ0n) is 8.94. The number of hydrogen-bond donors (Lipinski definition) is 0. The van der Waals surface area contributed by atoms with Gasteiger partial charge in [-0.25, -0.2) is 0 Å². The van der Waals surface area contributed by atoms with Crippen molar-refractivity contribution in [2.24, 2.45) is 0 Å². The van der Waals surface area contributed by atoms with Crippen LogP contribution in [-0.2, 0) is 19.0 Å². The predicted molar refractivity (Wildman–Crippen MR) is 65.6 cm³/mol. The molecule has 1 aliphatic rings. The molecule has 1 aliphatic carbocycles. The minimum atomic E-state index is -3.48. The molecular formula is C11H13BrO3S. The first-order valence-corrected chi connectivity index (χ1v) is 7.37. The second-order valence-electron chi connectivity index (χ2n) is 3.86. The Kier molecular flexibility index (Phi) is 3.11. The molecule has 0 aliphatic heterocycles. The zero-order valence-corrected chi connectivity index (χ0v) is 11.3. The molecular weight excluding hydrogens is 292 g/mol. The van der Waals surface area contributed by atoms with E-state index in [0.717, 1.165) is 10.0 Å². The lowest BCUT2D eigenvalue weighted by molar-refractivity contribution is 0.329. The fourth-order valence-corrected chi connectivity index (χ4v) is 3.65. The Morgan fingerprint density at radius 2 is 1.88 bits per heavy atom. The van der Waals surface area contributed by atoms with E-state index in [1.807, 2.05) is 24.3 Å². The summed E-state index contributed by atoms with van der Waals surface area (Å²) in [5.74, 6) is 0. The lowest BCUT2D eigenvalue weighted by Gasteiger charge is -2.15. The minimum absolute atomic E-state index is 0.195. The Morgan fingerprint density at radius 3 is 2.31 bits per heavy atom. The van der Waals surface area contributed by atoms with Gasteiger partial charge in [0.05, 0.1) is 6.61 Å². The Hall–Kier alpha value is -0.390. The summed E-state index contributed by atoms with van der Waals surface area (Å²) in [5, 5.41) is 0. The summed E-state index contributed by atoms with van der Waals surface area (Å²) < 4.78 is 29.0. The maximum absolute atomic E-state index is 12.0. The van der Waals surface area contributed by atoms with Crippen LogP contribution in [0.1, 0.15) is 25.3 Å². The molecule has 0 N–H and O–H groups in total. The largest absolute Gasteiger partial charge is 0.277 e. The van der Waals surface area contributed by atoms with Gasteiger partial charge in [0.1, 0.15) is 4.75 Å². The van der Waals surface area contributed by atoms with E-state index in [0.29, 0.717) is 12.8 Å². The Labute approximate surface area is 104 Å². The summed E-state index contributed by atoms with van der Waals surface area (Å²) in [4.78, 5) is 0. The maximum atomic E-state index is 12.0. The van der Waals surface area contributed by atoms with E-state index in [4.69, 9.17) is 4.18 Å². The molecule has 0 radical (unpaired) electrons. The normalized spacial score (nSPS) is 18.4. The highest BCUT2D eigenvalue weighted by Crippen LogP contribution is 2.53. The molecule has 1 saturated carbocycles. The van der Waals surface area contributed by atoms with Crippen LogP contribution in [0.5, 0.6) is 0 Å². The first-order chi connectivity index (χ1) is 7.52. The number of halogens is 1. The molecule has 1 aromatic carbocycles. The first-order valence-electron chi connectivity index (χ1n) is 5.17. The third-order valence-corrected chi connectivity index (χ3v) is 5.50.